The topological polar surface area (TPSA) is 41.5 Å². The van der Waals surface area contributed by atoms with Crippen LogP contribution in [0.3, 0.4) is 0 Å². The predicted molar refractivity (Wildman–Crippen MR) is 42.2 cm³/mol. The summed E-state index contributed by atoms with van der Waals surface area (Å²) in [5.41, 5.74) is 0.449. The second-order valence-electron chi connectivity index (χ2n) is 1.69. The lowest BCUT2D eigenvalue weighted by atomic mass is 10.3. The first kappa shape index (κ1) is 8.88. The molecule has 0 aliphatic rings. The number of hydrogen-bond donors (Lipinski definition) is 1. The first-order valence-corrected chi connectivity index (χ1v) is 3.07. The third-order valence-electron chi connectivity index (χ3n) is 1.03. The summed E-state index contributed by atoms with van der Waals surface area (Å²) in [6.07, 6.45) is 3.44. The molecule has 0 aliphatic heterocycles. The molecule has 0 spiro atoms. The Kier molecular flexibility index (Phi) is 4.20. The van der Waals surface area contributed by atoms with Crippen LogP contribution in [0.2, 0.25) is 0 Å². The molecule has 0 bridgehead atoms. The Morgan fingerprint density at radius 2 is 2.20 bits per heavy atom. The Balaban J connectivity index is 4.23. The normalized spacial score (nSPS) is 12.1. The number of carbonyl (C=O) groups excluding carboxylic acids is 1. The van der Waals surface area contributed by atoms with Crippen molar-refractivity contribution in [3.63, 3.8) is 0 Å². The van der Waals surface area contributed by atoms with E-state index in [-0.39, 0.29) is 5.91 Å². The number of nitrogens with zero attached hydrogens (tertiary/aromatic N) is 1. The van der Waals surface area contributed by atoms with Crippen molar-refractivity contribution in [2.45, 2.75) is 6.92 Å². The van der Waals surface area contributed by atoms with E-state index >= 15 is 0 Å². The molecule has 3 nitrogen and oxygen atoms in total. The average molecular weight is 140 g/mol. The molecule has 0 saturated carbocycles. The molecule has 0 heterocycles. The largest absolute Gasteiger partial charge is 0.354 e. The van der Waals surface area contributed by atoms with Crippen LogP contribution in [0.15, 0.2) is 17.1 Å². The molecule has 0 radical (unpaired) electrons. The molecule has 10 heavy (non-hydrogen) atoms. The smallest absolute Gasteiger partial charge is 0.269 e. The molecule has 0 rings (SSSR count). The third kappa shape index (κ3) is 2.44. The van der Waals surface area contributed by atoms with Gasteiger partial charge in [-0.25, -0.2) is 0 Å². The number of nitrogens with one attached hydrogen (secondary N) is 1. The van der Waals surface area contributed by atoms with E-state index in [0.717, 1.165) is 0 Å². The number of allylic oxidation sites excluding steroid dienone is 1. The SMILES string of the molecule is C/C=C\C(=NC)C(=O)NC. The van der Waals surface area contributed by atoms with Crippen LogP contribution in [-0.2, 0) is 4.79 Å². The molecular formula is C7H12N2O. The predicted octanol–water partition coefficient (Wildman–Crippen LogP) is 0.379. The van der Waals surface area contributed by atoms with Crippen molar-refractivity contribution in [2.75, 3.05) is 14.1 Å². The van der Waals surface area contributed by atoms with Gasteiger partial charge in [0.15, 0.2) is 0 Å². The maximum absolute atomic E-state index is 10.8. The molecule has 0 atom stereocenters. The molecular weight excluding hydrogens is 128 g/mol. The summed E-state index contributed by atoms with van der Waals surface area (Å²) >= 11 is 0. The van der Waals surface area contributed by atoms with E-state index in [1.54, 1.807) is 26.2 Å². The Labute approximate surface area is 60.8 Å². The zero-order valence-electron chi connectivity index (χ0n) is 6.51. The van der Waals surface area contributed by atoms with Gasteiger partial charge >= 0.3 is 0 Å². The van der Waals surface area contributed by atoms with Crippen molar-refractivity contribution >= 4 is 11.6 Å². The third-order valence-corrected chi connectivity index (χ3v) is 1.03. The summed E-state index contributed by atoms with van der Waals surface area (Å²) in [6.45, 7) is 1.84. The van der Waals surface area contributed by atoms with Gasteiger partial charge in [0, 0.05) is 14.1 Å². The van der Waals surface area contributed by atoms with Crippen LogP contribution < -0.4 is 5.32 Å². The van der Waals surface area contributed by atoms with Gasteiger partial charge in [-0.2, -0.15) is 0 Å². The summed E-state index contributed by atoms with van der Waals surface area (Å²) in [4.78, 5) is 14.6. The van der Waals surface area contributed by atoms with Crippen molar-refractivity contribution < 1.29 is 4.79 Å². The highest BCUT2D eigenvalue weighted by Crippen LogP contribution is 1.80. The zero-order valence-corrected chi connectivity index (χ0v) is 6.51. The van der Waals surface area contributed by atoms with Crippen LogP contribution >= 0.6 is 0 Å². The highest BCUT2D eigenvalue weighted by molar-refractivity contribution is 6.43. The Bertz CT molecular complexity index is 170. The van der Waals surface area contributed by atoms with Gasteiger partial charge in [-0.1, -0.05) is 6.08 Å². The lowest BCUT2D eigenvalue weighted by Gasteiger charge is -1.95. The van der Waals surface area contributed by atoms with Gasteiger partial charge in [0.2, 0.25) is 0 Å². The lowest BCUT2D eigenvalue weighted by Crippen LogP contribution is -2.25. The first-order valence-electron chi connectivity index (χ1n) is 3.07. The van der Waals surface area contributed by atoms with Gasteiger partial charge in [-0.05, 0) is 13.0 Å². The number of rotatable bonds is 2. The summed E-state index contributed by atoms with van der Waals surface area (Å²) < 4.78 is 0. The van der Waals surface area contributed by atoms with Gasteiger partial charge in [-0.15, -0.1) is 0 Å². The van der Waals surface area contributed by atoms with Gasteiger partial charge in [-0.3, -0.25) is 9.79 Å². The van der Waals surface area contributed by atoms with Crippen molar-refractivity contribution in [2.24, 2.45) is 4.99 Å². The summed E-state index contributed by atoms with van der Waals surface area (Å²) in [7, 11) is 3.17. The van der Waals surface area contributed by atoms with Gasteiger partial charge in [0.05, 0.1) is 0 Å². The van der Waals surface area contributed by atoms with E-state index < -0.39 is 0 Å². The number of aliphatic imine (C=N–C) groups is 1. The fourth-order valence-corrected chi connectivity index (χ4v) is 0.538. The number of carbonyl (C=O) groups is 1. The van der Waals surface area contributed by atoms with Crippen molar-refractivity contribution in [1.29, 1.82) is 0 Å². The van der Waals surface area contributed by atoms with Crippen LogP contribution in [0.5, 0.6) is 0 Å². The molecule has 0 saturated heterocycles. The van der Waals surface area contributed by atoms with Crippen molar-refractivity contribution in [3.05, 3.63) is 12.2 Å². The minimum atomic E-state index is -0.152. The monoisotopic (exact) mass is 140 g/mol. The highest BCUT2D eigenvalue weighted by Gasteiger charge is 2.01. The first-order chi connectivity index (χ1) is 4.76. The quantitative estimate of drug-likeness (QED) is 0.553. The number of amides is 1. The molecule has 1 amide bonds. The molecule has 0 aliphatic carbocycles. The van der Waals surface area contributed by atoms with E-state index in [4.69, 9.17) is 0 Å². The van der Waals surface area contributed by atoms with Crippen LogP contribution in [0.4, 0.5) is 0 Å². The molecule has 0 fully saturated rings. The maximum Gasteiger partial charge on any atom is 0.269 e. The molecule has 0 aromatic rings. The van der Waals surface area contributed by atoms with E-state index in [1.807, 2.05) is 6.92 Å². The van der Waals surface area contributed by atoms with Gasteiger partial charge < -0.3 is 5.32 Å². The van der Waals surface area contributed by atoms with E-state index in [2.05, 4.69) is 10.3 Å². The van der Waals surface area contributed by atoms with E-state index in [0.29, 0.717) is 5.71 Å². The van der Waals surface area contributed by atoms with Crippen LogP contribution in [-0.4, -0.2) is 25.7 Å². The van der Waals surface area contributed by atoms with Gasteiger partial charge in [0.25, 0.3) is 5.91 Å². The lowest BCUT2D eigenvalue weighted by molar-refractivity contribution is -0.114. The maximum atomic E-state index is 10.8. The van der Waals surface area contributed by atoms with Crippen molar-refractivity contribution in [1.82, 2.24) is 5.32 Å². The van der Waals surface area contributed by atoms with Gasteiger partial charge in [0.1, 0.15) is 5.71 Å². The average Bonchev–Trinajstić information content (AvgIpc) is 1.99. The molecule has 0 aromatic carbocycles. The van der Waals surface area contributed by atoms with Crippen LogP contribution in [0.25, 0.3) is 0 Å². The molecule has 1 N–H and O–H groups in total. The van der Waals surface area contributed by atoms with Crippen LogP contribution in [0.1, 0.15) is 6.92 Å². The summed E-state index contributed by atoms with van der Waals surface area (Å²) in [5, 5.41) is 2.48. The highest BCUT2D eigenvalue weighted by atomic mass is 16.1. The molecule has 0 unspecified atom stereocenters. The second kappa shape index (κ2) is 4.73. The van der Waals surface area contributed by atoms with Crippen LogP contribution in [0, 0.1) is 0 Å². The Morgan fingerprint density at radius 3 is 2.50 bits per heavy atom. The van der Waals surface area contributed by atoms with Crippen molar-refractivity contribution in [3.8, 4) is 0 Å². The second-order valence-corrected chi connectivity index (χ2v) is 1.69. The Hall–Kier alpha value is -1.12. The minimum Gasteiger partial charge on any atom is -0.354 e. The molecule has 3 heteroatoms. The standard InChI is InChI=1S/C7H12N2O/c1-4-5-6(8-2)7(10)9-3/h4-5H,1-3H3,(H,9,10)/b5-4-,8-6?. The zero-order chi connectivity index (χ0) is 7.98. The molecule has 56 valence electrons. The Morgan fingerprint density at radius 1 is 1.60 bits per heavy atom. The van der Waals surface area contributed by atoms with E-state index in [1.165, 1.54) is 0 Å². The minimum absolute atomic E-state index is 0.152. The van der Waals surface area contributed by atoms with E-state index in [9.17, 15) is 4.79 Å². The fraction of sp³-hybridized carbons (Fsp3) is 0.429. The summed E-state index contributed by atoms with van der Waals surface area (Å²) in [6, 6.07) is 0. The summed E-state index contributed by atoms with van der Waals surface area (Å²) in [5.74, 6) is -0.152. The molecule has 0 aromatic heterocycles. The fourth-order valence-electron chi connectivity index (χ4n) is 0.538. The number of hydrogen-bond acceptors (Lipinski definition) is 2.